The molecule has 124 valence electrons. The second kappa shape index (κ2) is 6.87. The summed E-state index contributed by atoms with van der Waals surface area (Å²) in [6.45, 7) is 5.04. The summed E-state index contributed by atoms with van der Waals surface area (Å²) in [6, 6.07) is 15.8. The first-order valence-corrected chi connectivity index (χ1v) is 8.23. The first-order valence-electron chi connectivity index (χ1n) is 8.23. The van der Waals surface area contributed by atoms with Crippen LogP contribution in [0, 0.1) is 19.8 Å². The molecule has 2 amide bonds. The van der Waals surface area contributed by atoms with E-state index in [1.54, 1.807) is 4.90 Å². The first-order chi connectivity index (χ1) is 11.5. The van der Waals surface area contributed by atoms with Crippen LogP contribution in [0.4, 0.5) is 5.69 Å². The monoisotopic (exact) mass is 322 g/mol. The van der Waals surface area contributed by atoms with Gasteiger partial charge >= 0.3 is 0 Å². The van der Waals surface area contributed by atoms with E-state index in [0.717, 1.165) is 22.4 Å². The number of rotatable bonds is 4. The number of carbonyl (C=O) groups is 2. The number of likely N-dealkylation sites (tertiary alicyclic amines) is 1. The smallest absolute Gasteiger partial charge is 0.229 e. The maximum Gasteiger partial charge on any atom is 0.229 e. The SMILES string of the molecule is Cc1ccc(NC(=O)[C@@H]2CC(=O)N(Cc3ccccc3)C2)c(C)c1. The van der Waals surface area contributed by atoms with E-state index in [4.69, 9.17) is 0 Å². The van der Waals surface area contributed by atoms with Crippen LogP contribution in [0.1, 0.15) is 23.1 Å². The van der Waals surface area contributed by atoms with Gasteiger partial charge in [-0.1, -0.05) is 48.0 Å². The highest BCUT2D eigenvalue weighted by Gasteiger charge is 2.34. The van der Waals surface area contributed by atoms with Crippen LogP contribution in [0.25, 0.3) is 0 Å². The lowest BCUT2D eigenvalue weighted by molar-refractivity contribution is -0.128. The van der Waals surface area contributed by atoms with E-state index in [-0.39, 0.29) is 24.2 Å². The Hall–Kier alpha value is -2.62. The van der Waals surface area contributed by atoms with E-state index >= 15 is 0 Å². The number of hydrogen-bond donors (Lipinski definition) is 1. The van der Waals surface area contributed by atoms with Gasteiger partial charge in [0, 0.05) is 25.2 Å². The summed E-state index contributed by atoms with van der Waals surface area (Å²) < 4.78 is 0. The number of carbonyl (C=O) groups excluding carboxylic acids is 2. The molecule has 1 N–H and O–H groups in total. The maximum atomic E-state index is 12.5. The molecule has 4 nitrogen and oxygen atoms in total. The van der Waals surface area contributed by atoms with Gasteiger partial charge in [0.15, 0.2) is 0 Å². The molecule has 2 aromatic rings. The lowest BCUT2D eigenvalue weighted by atomic mass is 10.1. The van der Waals surface area contributed by atoms with E-state index in [1.165, 1.54) is 0 Å². The van der Waals surface area contributed by atoms with E-state index < -0.39 is 0 Å². The van der Waals surface area contributed by atoms with Crippen LogP contribution in [-0.2, 0) is 16.1 Å². The molecule has 1 fully saturated rings. The zero-order valence-corrected chi connectivity index (χ0v) is 14.1. The number of aryl methyl sites for hydroxylation is 2. The fourth-order valence-electron chi connectivity index (χ4n) is 3.09. The Labute approximate surface area is 142 Å². The largest absolute Gasteiger partial charge is 0.338 e. The van der Waals surface area contributed by atoms with E-state index in [2.05, 4.69) is 5.32 Å². The van der Waals surface area contributed by atoms with Crippen LogP contribution >= 0.6 is 0 Å². The molecule has 1 heterocycles. The van der Waals surface area contributed by atoms with Crippen LogP contribution in [0.2, 0.25) is 0 Å². The summed E-state index contributed by atoms with van der Waals surface area (Å²) in [7, 11) is 0. The Morgan fingerprint density at radius 1 is 1.17 bits per heavy atom. The first kappa shape index (κ1) is 16.2. The number of hydrogen-bond acceptors (Lipinski definition) is 2. The van der Waals surface area contributed by atoms with Gasteiger partial charge in [0.1, 0.15) is 0 Å². The highest BCUT2D eigenvalue weighted by atomic mass is 16.2. The second-order valence-electron chi connectivity index (χ2n) is 6.47. The van der Waals surface area contributed by atoms with Gasteiger partial charge in [-0.3, -0.25) is 9.59 Å². The highest BCUT2D eigenvalue weighted by Crippen LogP contribution is 2.23. The summed E-state index contributed by atoms with van der Waals surface area (Å²) in [4.78, 5) is 26.5. The van der Waals surface area contributed by atoms with Crippen molar-refractivity contribution in [2.24, 2.45) is 5.92 Å². The van der Waals surface area contributed by atoms with Crippen LogP contribution < -0.4 is 5.32 Å². The van der Waals surface area contributed by atoms with Crippen LogP contribution in [0.15, 0.2) is 48.5 Å². The Kier molecular flexibility index (Phi) is 4.65. The van der Waals surface area contributed by atoms with Gasteiger partial charge in [-0.25, -0.2) is 0 Å². The quantitative estimate of drug-likeness (QED) is 0.939. The molecule has 1 aliphatic rings. The summed E-state index contributed by atoms with van der Waals surface area (Å²) >= 11 is 0. The third kappa shape index (κ3) is 3.65. The number of nitrogens with zero attached hydrogens (tertiary/aromatic N) is 1. The normalized spacial score (nSPS) is 17.2. The molecule has 1 saturated heterocycles. The van der Waals surface area contributed by atoms with Crippen LogP contribution in [0.5, 0.6) is 0 Å². The topological polar surface area (TPSA) is 49.4 Å². The van der Waals surface area contributed by atoms with Gasteiger partial charge in [-0.2, -0.15) is 0 Å². The highest BCUT2D eigenvalue weighted by molar-refractivity contribution is 5.97. The van der Waals surface area contributed by atoms with Gasteiger partial charge in [-0.05, 0) is 31.0 Å². The molecule has 0 radical (unpaired) electrons. The van der Waals surface area contributed by atoms with Crippen LogP contribution in [0.3, 0.4) is 0 Å². The predicted molar refractivity (Wildman–Crippen MR) is 94.5 cm³/mol. The van der Waals surface area contributed by atoms with E-state index in [9.17, 15) is 9.59 Å². The molecule has 0 aliphatic carbocycles. The Balaban J connectivity index is 1.63. The van der Waals surface area contributed by atoms with Crippen molar-refractivity contribution in [1.82, 2.24) is 4.90 Å². The number of benzene rings is 2. The van der Waals surface area contributed by atoms with Crippen molar-refractivity contribution in [3.63, 3.8) is 0 Å². The fourth-order valence-corrected chi connectivity index (χ4v) is 3.09. The summed E-state index contributed by atoms with van der Waals surface area (Å²) in [5.41, 5.74) is 4.10. The standard InChI is InChI=1S/C20H22N2O2/c1-14-8-9-18(15(2)10-14)21-20(24)17-11-19(23)22(13-17)12-16-6-4-3-5-7-16/h3-10,17H,11-13H2,1-2H3,(H,21,24)/t17-/m1/s1. The molecular formula is C20H22N2O2. The van der Waals surface area contributed by atoms with Crippen molar-refractivity contribution in [3.8, 4) is 0 Å². The molecule has 1 atom stereocenters. The Morgan fingerprint density at radius 3 is 2.62 bits per heavy atom. The molecule has 0 saturated carbocycles. The van der Waals surface area contributed by atoms with Crippen LogP contribution in [-0.4, -0.2) is 23.3 Å². The van der Waals surface area contributed by atoms with Crippen molar-refractivity contribution < 1.29 is 9.59 Å². The molecule has 4 heteroatoms. The molecule has 2 aromatic carbocycles. The zero-order valence-electron chi connectivity index (χ0n) is 14.1. The van der Waals surface area contributed by atoms with Crippen molar-refractivity contribution in [1.29, 1.82) is 0 Å². The van der Waals surface area contributed by atoms with E-state index in [0.29, 0.717) is 13.1 Å². The maximum absolute atomic E-state index is 12.5. The molecule has 0 aromatic heterocycles. The van der Waals surface area contributed by atoms with Gasteiger partial charge in [0.2, 0.25) is 11.8 Å². The van der Waals surface area contributed by atoms with Gasteiger partial charge < -0.3 is 10.2 Å². The average molecular weight is 322 g/mol. The summed E-state index contributed by atoms with van der Waals surface area (Å²) in [6.07, 6.45) is 0.281. The molecular weight excluding hydrogens is 300 g/mol. The number of nitrogens with one attached hydrogen (secondary N) is 1. The second-order valence-corrected chi connectivity index (χ2v) is 6.47. The third-order valence-electron chi connectivity index (χ3n) is 4.44. The minimum Gasteiger partial charge on any atom is -0.338 e. The summed E-state index contributed by atoms with van der Waals surface area (Å²) in [5.74, 6) is -0.326. The third-order valence-corrected chi connectivity index (χ3v) is 4.44. The molecule has 1 aliphatic heterocycles. The average Bonchev–Trinajstić information content (AvgIpc) is 2.92. The van der Waals surface area contributed by atoms with Gasteiger partial charge in [-0.15, -0.1) is 0 Å². The Morgan fingerprint density at radius 2 is 1.92 bits per heavy atom. The lowest BCUT2D eigenvalue weighted by Crippen LogP contribution is -2.28. The number of amides is 2. The van der Waals surface area contributed by atoms with Crippen molar-refractivity contribution >= 4 is 17.5 Å². The minimum absolute atomic E-state index is 0.0413. The predicted octanol–water partition coefficient (Wildman–Crippen LogP) is 3.29. The van der Waals surface area contributed by atoms with Gasteiger partial charge in [0.25, 0.3) is 0 Å². The van der Waals surface area contributed by atoms with Crippen molar-refractivity contribution in [3.05, 3.63) is 65.2 Å². The molecule has 0 spiro atoms. The molecule has 3 rings (SSSR count). The molecule has 0 bridgehead atoms. The van der Waals surface area contributed by atoms with Crippen molar-refractivity contribution in [2.45, 2.75) is 26.8 Å². The Bertz CT molecular complexity index is 755. The van der Waals surface area contributed by atoms with Gasteiger partial charge in [0.05, 0.1) is 5.92 Å². The minimum atomic E-state index is -0.290. The fraction of sp³-hybridized carbons (Fsp3) is 0.300. The van der Waals surface area contributed by atoms with E-state index in [1.807, 2.05) is 62.4 Å². The summed E-state index contributed by atoms with van der Waals surface area (Å²) in [5, 5.41) is 2.97. The lowest BCUT2D eigenvalue weighted by Gasteiger charge is -2.17. The molecule has 0 unspecified atom stereocenters. The number of anilines is 1. The zero-order chi connectivity index (χ0) is 17.1. The van der Waals surface area contributed by atoms with Crippen molar-refractivity contribution in [2.75, 3.05) is 11.9 Å². The molecule has 24 heavy (non-hydrogen) atoms.